The van der Waals surface area contributed by atoms with E-state index in [0.717, 1.165) is 4.47 Å². The highest BCUT2D eigenvalue weighted by Crippen LogP contribution is 2.20. The molecule has 0 unspecified atom stereocenters. The van der Waals surface area contributed by atoms with E-state index in [1.807, 2.05) is 18.2 Å². The van der Waals surface area contributed by atoms with E-state index in [-0.39, 0.29) is 18.4 Å². The average Bonchev–Trinajstić information content (AvgIpc) is 2.60. The quantitative estimate of drug-likeness (QED) is 0.736. The second-order valence-electron chi connectivity index (χ2n) is 5.94. The summed E-state index contributed by atoms with van der Waals surface area (Å²) in [5.74, 6) is 0.419. The molecule has 0 heterocycles. The van der Waals surface area contributed by atoms with Crippen molar-refractivity contribution in [3.63, 3.8) is 0 Å². The second kappa shape index (κ2) is 9.22. The van der Waals surface area contributed by atoms with Gasteiger partial charge in [0.2, 0.25) is 5.91 Å². The lowest BCUT2D eigenvalue weighted by atomic mass is 10.2. The number of para-hydroxylation sites is 1. The molecule has 0 spiro atoms. The van der Waals surface area contributed by atoms with E-state index in [0.29, 0.717) is 29.5 Å². The van der Waals surface area contributed by atoms with Crippen LogP contribution in [0.3, 0.4) is 0 Å². The molecular weight excluding hydrogens is 384 g/mol. The van der Waals surface area contributed by atoms with Crippen molar-refractivity contribution in [1.82, 2.24) is 5.32 Å². The van der Waals surface area contributed by atoms with Crippen LogP contribution in [-0.2, 0) is 4.79 Å². The van der Waals surface area contributed by atoms with Crippen molar-refractivity contribution in [3.05, 3.63) is 58.6 Å². The number of hydrogen-bond donors (Lipinski definition) is 2. The zero-order chi connectivity index (χ0) is 18.2. The molecule has 2 rings (SSSR count). The van der Waals surface area contributed by atoms with Crippen LogP contribution in [0.4, 0.5) is 5.69 Å². The molecule has 2 N–H and O–H groups in total. The highest BCUT2D eigenvalue weighted by molar-refractivity contribution is 9.10. The number of halogens is 1. The summed E-state index contributed by atoms with van der Waals surface area (Å²) in [6.07, 6.45) is 0. The summed E-state index contributed by atoms with van der Waals surface area (Å²) in [7, 11) is 0. The summed E-state index contributed by atoms with van der Waals surface area (Å²) in [5, 5.41) is 5.34. The molecule has 0 aromatic heterocycles. The first kappa shape index (κ1) is 19.0. The van der Waals surface area contributed by atoms with Gasteiger partial charge in [0.15, 0.2) is 0 Å². The molecule has 6 heteroatoms. The maximum Gasteiger partial charge on any atom is 0.251 e. The minimum absolute atomic E-state index is 0.114. The third-order valence-corrected chi connectivity index (χ3v) is 3.93. The molecule has 2 aromatic rings. The lowest BCUT2D eigenvalue weighted by Gasteiger charge is -2.11. The van der Waals surface area contributed by atoms with Crippen LogP contribution < -0.4 is 15.4 Å². The van der Waals surface area contributed by atoms with Crippen LogP contribution in [0, 0.1) is 5.92 Å². The Morgan fingerprint density at radius 3 is 2.60 bits per heavy atom. The summed E-state index contributed by atoms with van der Waals surface area (Å²) in [5.41, 5.74) is 1.11. The third kappa shape index (κ3) is 6.23. The van der Waals surface area contributed by atoms with E-state index < -0.39 is 0 Å². The molecule has 5 nitrogen and oxygen atoms in total. The number of amides is 2. The smallest absolute Gasteiger partial charge is 0.251 e. The zero-order valence-electron chi connectivity index (χ0n) is 14.2. The van der Waals surface area contributed by atoms with Gasteiger partial charge in [-0.3, -0.25) is 9.59 Å². The lowest BCUT2D eigenvalue weighted by molar-refractivity contribution is -0.115. The van der Waals surface area contributed by atoms with E-state index in [4.69, 9.17) is 4.74 Å². The highest BCUT2D eigenvalue weighted by Gasteiger charge is 2.10. The van der Waals surface area contributed by atoms with Crippen molar-refractivity contribution >= 4 is 33.4 Å². The lowest BCUT2D eigenvalue weighted by Crippen LogP contribution is -2.32. The Kier molecular flexibility index (Phi) is 7.01. The zero-order valence-corrected chi connectivity index (χ0v) is 15.8. The third-order valence-electron chi connectivity index (χ3n) is 3.24. The van der Waals surface area contributed by atoms with Crippen molar-refractivity contribution in [2.45, 2.75) is 13.8 Å². The van der Waals surface area contributed by atoms with Gasteiger partial charge in [0, 0.05) is 10.0 Å². The van der Waals surface area contributed by atoms with Gasteiger partial charge in [-0.25, -0.2) is 0 Å². The number of ether oxygens (including phenoxy) is 1. The number of nitrogens with one attached hydrogen (secondary N) is 2. The van der Waals surface area contributed by atoms with Crippen molar-refractivity contribution in [2.75, 3.05) is 18.5 Å². The van der Waals surface area contributed by atoms with Gasteiger partial charge in [-0.15, -0.1) is 0 Å². The fraction of sp³-hybridized carbons (Fsp3) is 0.263. The first-order chi connectivity index (χ1) is 12.0. The van der Waals surface area contributed by atoms with Crippen LogP contribution >= 0.6 is 15.9 Å². The molecule has 0 bridgehead atoms. The van der Waals surface area contributed by atoms with Gasteiger partial charge in [0.05, 0.1) is 18.8 Å². The van der Waals surface area contributed by atoms with E-state index in [1.54, 1.807) is 30.3 Å². The average molecular weight is 405 g/mol. The van der Waals surface area contributed by atoms with E-state index in [9.17, 15) is 9.59 Å². The molecule has 0 saturated carbocycles. The molecule has 2 aromatic carbocycles. The fourth-order valence-corrected chi connectivity index (χ4v) is 2.39. The molecule has 0 aliphatic heterocycles. The maximum atomic E-state index is 12.2. The SMILES string of the molecule is CC(C)COc1cccc(C(=O)NCC(=O)Nc2ccccc2Br)c1. The molecule has 25 heavy (non-hydrogen) atoms. The van der Waals surface area contributed by atoms with Crippen LogP contribution in [0.1, 0.15) is 24.2 Å². The Morgan fingerprint density at radius 2 is 1.88 bits per heavy atom. The number of carbonyl (C=O) groups excluding carboxylic acids is 2. The molecule has 132 valence electrons. The van der Waals surface area contributed by atoms with Crippen LogP contribution in [0.5, 0.6) is 5.75 Å². The topological polar surface area (TPSA) is 67.4 Å². The number of anilines is 1. The fourth-order valence-electron chi connectivity index (χ4n) is 2.01. The van der Waals surface area contributed by atoms with Crippen LogP contribution in [0.15, 0.2) is 53.0 Å². The molecule has 0 aliphatic carbocycles. The first-order valence-corrected chi connectivity index (χ1v) is 8.80. The van der Waals surface area contributed by atoms with Crippen molar-refractivity contribution in [3.8, 4) is 5.75 Å². The van der Waals surface area contributed by atoms with E-state index >= 15 is 0 Å². The predicted octanol–water partition coefficient (Wildman–Crippen LogP) is 3.85. The monoisotopic (exact) mass is 404 g/mol. The minimum atomic E-state index is -0.322. The Morgan fingerprint density at radius 1 is 1.12 bits per heavy atom. The molecule has 0 radical (unpaired) electrons. The van der Waals surface area contributed by atoms with Crippen molar-refractivity contribution < 1.29 is 14.3 Å². The van der Waals surface area contributed by atoms with Gasteiger partial charge < -0.3 is 15.4 Å². The summed E-state index contributed by atoms with van der Waals surface area (Å²) in [6, 6.07) is 14.2. The van der Waals surface area contributed by atoms with Gasteiger partial charge >= 0.3 is 0 Å². The van der Waals surface area contributed by atoms with Crippen molar-refractivity contribution in [2.24, 2.45) is 5.92 Å². The summed E-state index contributed by atoms with van der Waals surface area (Å²) in [4.78, 5) is 24.2. The summed E-state index contributed by atoms with van der Waals surface area (Å²) >= 11 is 3.36. The van der Waals surface area contributed by atoms with E-state index in [1.165, 1.54) is 0 Å². The first-order valence-electron chi connectivity index (χ1n) is 8.01. The Balaban J connectivity index is 1.88. The van der Waals surface area contributed by atoms with Gasteiger partial charge in [-0.2, -0.15) is 0 Å². The summed E-state index contributed by atoms with van der Waals surface area (Å²) < 4.78 is 6.39. The number of carbonyl (C=O) groups is 2. The van der Waals surface area contributed by atoms with Crippen LogP contribution in [0.2, 0.25) is 0 Å². The van der Waals surface area contributed by atoms with Crippen molar-refractivity contribution in [1.29, 1.82) is 0 Å². The minimum Gasteiger partial charge on any atom is -0.493 e. The maximum absolute atomic E-state index is 12.2. The normalized spacial score (nSPS) is 10.4. The van der Waals surface area contributed by atoms with Crippen LogP contribution in [0.25, 0.3) is 0 Å². The van der Waals surface area contributed by atoms with Gasteiger partial charge in [-0.1, -0.05) is 32.0 Å². The molecule has 0 fully saturated rings. The Hall–Kier alpha value is -2.34. The molecular formula is C19H21BrN2O3. The van der Waals surface area contributed by atoms with Gasteiger partial charge in [0.1, 0.15) is 5.75 Å². The Bertz CT molecular complexity index is 747. The highest BCUT2D eigenvalue weighted by atomic mass is 79.9. The Labute approximate surface area is 155 Å². The van der Waals surface area contributed by atoms with E-state index in [2.05, 4.69) is 40.4 Å². The largest absolute Gasteiger partial charge is 0.493 e. The molecule has 0 aliphatic rings. The number of benzene rings is 2. The molecule has 2 amide bonds. The second-order valence-corrected chi connectivity index (χ2v) is 6.80. The molecule has 0 saturated heterocycles. The number of rotatable bonds is 7. The number of hydrogen-bond acceptors (Lipinski definition) is 3. The van der Waals surface area contributed by atoms with Gasteiger partial charge in [0.25, 0.3) is 5.91 Å². The van der Waals surface area contributed by atoms with Gasteiger partial charge in [-0.05, 0) is 52.2 Å². The van der Waals surface area contributed by atoms with Crippen LogP contribution in [-0.4, -0.2) is 25.0 Å². The predicted molar refractivity (Wildman–Crippen MR) is 102 cm³/mol. The summed E-state index contributed by atoms with van der Waals surface area (Å²) in [6.45, 7) is 4.58. The standard InChI is InChI=1S/C19H21BrN2O3/c1-13(2)12-25-15-7-5-6-14(10-15)19(24)21-11-18(23)22-17-9-4-3-8-16(17)20/h3-10,13H,11-12H2,1-2H3,(H,21,24)(H,22,23). The molecule has 0 atom stereocenters.